The lowest BCUT2D eigenvalue weighted by Gasteiger charge is -2.36. The number of hydrogen-bond donors (Lipinski definition) is 1. The third-order valence-electron chi connectivity index (χ3n) is 3.65. The van der Waals surface area contributed by atoms with Crippen molar-refractivity contribution in [3.63, 3.8) is 0 Å². The minimum atomic E-state index is -0.876. The van der Waals surface area contributed by atoms with Gasteiger partial charge in [0.2, 0.25) is 0 Å². The van der Waals surface area contributed by atoms with E-state index in [9.17, 15) is 10.4 Å². The monoisotopic (exact) mass is 195 g/mol. The van der Waals surface area contributed by atoms with E-state index >= 15 is 0 Å². The summed E-state index contributed by atoms with van der Waals surface area (Å²) in [6.45, 7) is 2.79. The summed E-state index contributed by atoms with van der Waals surface area (Å²) in [6, 6.07) is 2.28. The van der Waals surface area contributed by atoms with Gasteiger partial charge in [-0.05, 0) is 25.7 Å². The van der Waals surface area contributed by atoms with Gasteiger partial charge in [-0.1, -0.05) is 12.8 Å². The molecule has 0 radical (unpaired) electrons. The predicted molar refractivity (Wildman–Crippen MR) is 51.4 cm³/mol. The highest BCUT2D eigenvalue weighted by molar-refractivity contribution is 5.12. The summed E-state index contributed by atoms with van der Waals surface area (Å²) in [4.78, 5) is 0. The summed E-state index contributed by atoms with van der Waals surface area (Å²) >= 11 is 0. The molecule has 1 N–H and O–H groups in total. The molecular formula is C11H17NO2. The molecule has 1 aliphatic carbocycles. The highest BCUT2D eigenvalue weighted by Gasteiger charge is 2.52. The van der Waals surface area contributed by atoms with Gasteiger partial charge < -0.3 is 9.84 Å². The summed E-state index contributed by atoms with van der Waals surface area (Å²) in [5, 5.41) is 19.6. The molecule has 78 valence electrons. The van der Waals surface area contributed by atoms with Gasteiger partial charge in [0, 0.05) is 6.61 Å². The molecule has 3 nitrogen and oxygen atoms in total. The molecule has 0 spiro atoms. The van der Waals surface area contributed by atoms with Gasteiger partial charge in [0.1, 0.15) is 5.41 Å². The quantitative estimate of drug-likeness (QED) is 0.742. The van der Waals surface area contributed by atoms with Crippen molar-refractivity contribution in [3.8, 4) is 6.07 Å². The Balaban J connectivity index is 2.12. The van der Waals surface area contributed by atoms with Crippen molar-refractivity contribution in [2.45, 2.75) is 38.2 Å². The van der Waals surface area contributed by atoms with E-state index < -0.39 is 11.0 Å². The normalized spacial score (nSPS) is 36.4. The molecule has 0 amide bonds. The number of hydrogen-bond acceptors (Lipinski definition) is 3. The first-order chi connectivity index (χ1) is 6.60. The van der Waals surface area contributed by atoms with Gasteiger partial charge in [-0.2, -0.15) is 5.26 Å². The van der Waals surface area contributed by atoms with Crippen LogP contribution in [0.5, 0.6) is 0 Å². The molecule has 0 aromatic carbocycles. The van der Waals surface area contributed by atoms with E-state index in [0.717, 1.165) is 6.42 Å². The average Bonchev–Trinajstić information content (AvgIpc) is 2.81. The van der Waals surface area contributed by atoms with Crippen LogP contribution < -0.4 is 0 Å². The molecule has 1 aliphatic heterocycles. The van der Waals surface area contributed by atoms with Crippen LogP contribution in [0.25, 0.3) is 0 Å². The fourth-order valence-electron chi connectivity index (χ4n) is 2.28. The summed E-state index contributed by atoms with van der Waals surface area (Å²) in [6.07, 6.45) is 3.84. The Morgan fingerprint density at radius 2 is 2.36 bits per heavy atom. The zero-order valence-electron chi connectivity index (χ0n) is 8.62. The van der Waals surface area contributed by atoms with E-state index in [1.54, 1.807) is 6.92 Å². The number of nitriles is 1. The van der Waals surface area contributed by atoms with E-state index in [2.05, 4.69) is 6.07 Å². The Morgan fingerprint density at radius 3 is 2.79 bits per heavy atom. The van der Waals surface area contributed by atoms with Crippen LogP contribution in [-0.4, -0.2) is 23.9 Å². The lowest BCUT2D eigenvalue weighted by molar-refractivity contribution is -0.0529. The number of aliphatic hydroxyl groups is 1. The van der Waals surface area contributed by atoms with Crippen LogP contribution >= 0.6 is 0 Å². The van der Waals surface area contributed by atoms with Crippen molar-refractivity contribution in [1.29, 1.82) is 5.26 Å². The first-order valence-electron chi connectivity index (χ1n) is 5.31. The number of nitrogens with zero attached hydrogens (tertiary/aromatic N) is 1. The Hall–Kier alpha value is -0.590. The van der Waals surface area contributed by atoms with Crippen LogP contribution in [0.4, 0.5) is 0 Å². The zero-order valence-corrected chi connectivity index (χ0v) is 8.62. The van der Waals surface area contributed by atoms with Gasteiger partial charge in [0.25, 0.3) is 0 Å². The van der Waals surface area contributed by atoms with Gasteiger partial charge in [-0.25, -0.2) is 0 Å². The highest BCUT2D eigenvalue weighted by atomic mass is 16.5. The van der Waals surface area contributed by atoms with Crippen LogP contribution in [0.3, 0.4) is 0 Å². The molecule has 0 bridgehead atoms. The van der Waals surface area contributed by atoms with Crippen LogP contribution in [0.15, 0.2) is 0 Å². The topological polar surface area (TPSA) is 53.2 Å². The first-order valence-corrected chi connectivity index (χ1v) is 5.31. The second kappa shape index (κ2) is 3.22. The largest absolute Gasteiger partial charge is 0.388 e. The van der Waals surface area contributed by atoms with Crippen LogP contribution in [0.2, 0.25) is 0 Å². The third-order valence-corrected chi connectivity index (χ3v) is 3.65. The molecular weight excluding hydrogens is 178 g/mol. The minimum absolute atomic E-state index is 0.392. The molecule has 3 heteroatoms. The van der Waals surface area contributed by atoms with Crippen LogP contribution in [-0.2, 0) is 4.74 Å². The maximum Gasteiger partial charge on any atom is 0.111 e. The minimum Gasteiger partial charge on any atom is -0.388 e. The fraction of sp³-hybridized carbons (Fsp3) is 0.909. The van der Waals surface area contributed by atoms with Crippen molar-refractivity contribution >= 4 is 0 Å². The number of rotatable bonds is 3. The van der Waals surface area contributed by atoms with E-state index in [1.165, 1.54) is 12.8 Å². The maximum atomic E-state index is 10.4. The van der Waals surface area contributed by atoms with E-state index in [-0.39, 0.29) is 0 Å². The van der Waals surface area contributed by atoms with Gasteiger partial charge in [0.15, 0.2) is 0 Å². The Kier molecular flexibility index (Phi) is 2.29. The van der Waals surface area contributed by atoms with Crippen molar-refractivity contribution < 1.29 is 9.84 Å². The molecule has 2 unspecified atom stereocenters. The molecule has 14 heavy (non-hydrogen) atoms. The standard InChI is InChI=1S/C11H17NO2/c1-10(13,6-9-2-3-9)11(7-12)4-5-14-8-11/h9,13H,2-6,8H2,1H3. The smallest absolute Gasteiger partial charge is 0.111 e. The summed E-state index contributed by atoms with van der Waals surface area (Å²) in [5.74, 6) is 0.635. The lowest BCUT2D eigenvalue weighted by Crippen LogP contribution is -2.46. The van der Waals surface area contributed by atoms with Crippen LogP contribution in [0, 0.1) is 22.7 Å². The predicted octanol–water partition coefficient (Wildman–Crippen LogP) is 1.47. The Morgan fingerprint density at radius 1 is 1.64 bits per heavy atom. The molecule has 1 heterocycles. The van der Waals surface area contributed by atoms with Gasteiger partial charge >= 0.3 is 0 Å². The van der Waals surface area contributed by atoms with Gasteiger partial charge in [0.05, 0.1) is 18.3 Å². The molecule has 1 saturated heterocycles. The van der Waals surface area contributed by atoms with E-state index in [1.807, 2.05) is 0 Å². The Labute approximate surface area is 84.7 Å². The second-order valence-corrected chi connectivity index (χ2v) is 4.92. The van der Waals surface area contributed by atoms with Crippen LogP contribution in [0.1, 0.15) is 32.6 Å². The molecule has 2 rings (SSSR count). The van der Waals surface area contributed by atoms with Crippen molar-refractivity contribution in [1.82, 2.24) is 0 Å². The third kappa shape index (κ3) is 1.53. The van der Waals surface area contributed by atoms with Crippen molar-refractivity contribution in [2.75, 3.05) is 13.2 Å². The maximum absolute atomic E-state index is 10.4. The lowest BCUT2D eigenvalue weighted by atomic mass is 9.71. The molecule has 2 atom stereocenters. The summed E-state index contributed by atoms with van der Waals surface area (Å²) in [7, 11) is 0. The second-order valence-electron chi connectivity index (χ2n) is 4.92. The van der Waals surface area contributed by atoms with Crippen molar-refractivity contribution in [3.05, 3.63) is 0 Å². The summed E-state index contributed by atoms with van der Waals surface area (Å²) in [5.41, 5.74) is -1.53. The first kappa shape index (κ1) is 9.95. The molecule has 1 saturated carbocycles. The molecule has 2 aliphatic rings. The van der Waals surface area contributed by atoms with E-state index in [4.69, 9.17) is 4.74 Å². The van der Waals surface area contributed by atoms with Crippen molar-refractivity contribution in [2.24, 2.45) is 11.3 Å². The molecule has 0 aromatic rings. The fourth-order valence-corrected chi connectivity index (χ4v) is 2.28. The van der Waals surface area contributed by atoms with E-state index in [0.29, 0.717) is 25.6 Å². The molecule has 0 aromatic heterocycles. The molecule has 2 fully saturated rings. The number of ether oxygens (including phenoxy) is 1. The zero-order chi connectivity index (χ0) is 10.2. The summed E-state index contributed by atoms with van der Waals surface area (Å²) < 4.78 is 5.26. The Bertz CT molecular complexity index is 257. The van der Waals surface area contributed by atoms with Gasteiger partial charge in [-0.15, -0.1) is 0 Å². The average molecular weight is 195 g/mol. The van der Waals surface area contributed by atoms with Gasteiger partial charge in [-0.3, -0.25) is 0 Å². The highest BCUT2D eigenvalue weighted by Crippen LogP contribution is 2.47. The SMILES string of the molecule is CC(O)(CC1CC1)C1(C#N)CCOC1.